The van der Waals surface area contributed by atoms with E-state index in [4.69, 9.17) is 9.15 Å². The van der Waals surface area contributed by atoms with E-state index in [0.29, 0.717) is 18.6 Å². The molecule has 1 aliphatic carbocycles. The first-order valence-electron chi connectivity index (χ1n) is 7.81. The van der Waals surface area contributed by atoms with Gasteiger partial charge in [0.05, 0.1) is 23.3 Å². The van der Waals surface area contributed by atoms with Crippen molar-refractivity contribution in [2.45, 2.75) is 36.8 Å². The Labute approximate surface area is 145 Å². The summed E-state index contributed by atoms with van der Waals surface area (Å²) in [5, 5.41) is 0. The molecule has 8 heteroatoms. The van der Waals surface area contributed by atoms with Crippen LogP contribution in [0.25, 0.3) is 0 Å². The topological polar surface area (TPSA) is 103 Å². The highest BCUT2D eigenvalue weighted by Crippen LogP contribution is 2.20. The third kappa shape index (κ3) is 4.15. The number of sulfonamides is 1. The van der Waals surface area contributed by atoms with Gasteiger partial charge in [0.25, 0.3) is 0 Å². The second-order valence-electron chi connectivity index (χ2n) is 5.68. The number of esters is 1. The lowest BCUT2D eigenvalue weighted by Gasteiger charge is -2.11. The lowest BCUT2D eigenvalue weighted by Crippen LogP contribution is -2.23. The number of carbonyl (C=O) groups excluding carboxylic acids is 2. The minimum absolute atomic E-state index is 0.0209. The lowest BCUT2D eigenvalue weighted by atomic mass is 10.2. The van der Waals surface area contributed by atoms with Crippen molar-refractivity contribution < 1.29 is 27.2 Å². The lowest BCUT2D eigenvalue weighted by molar-refractivity contribution is -0.124. The van der Waals surface area contributed by atoms with Gasteiger partial charge in [0.15, 0.2) is 11.9 Å². The number of furan rings is 1. The predicted octanol–water partition coefficient (Wildman–Crippen LogP) is 2.04. The molecule has 0 radical (unpaired) electrons. The Bertz CT molecular complexity index is 855. The van der Waals surface area contributed by atoms with Crippen LogP contribution < -0.4 is 4.72 Å². The van der Waals surface area contributed by atoms with Gasteiger partial charge >= 0.3 is 5.97 Å². The molecule has 1 aromatic heterocycles. The van der Waals surface area contributed by atoms with Crippen molar-refractivity contribution in [3.8, 4) is 0 Å². The molecule has 132 valence electrons. The molecule has 0 saturated heterocycles. The first-order valence-corrected chi connectivity index (χ1v) is 9.30. The summed E-state index contributed by atoms with van der Waals surface area (Å²) in [7, 11) is -3.73. The van der Waals surface area contributed by atoms with E-state index in [1.165, 1.54) is 30.5 Å². The maximum atomic E-state index is 12.2. The number of ether oxygens (including phenoxy) is 1. The molecule has 1 heterocycles. The molecular weight excluding hydrogens is 346 g/mol. The molecule has 1 saturated carbocycles. The van der Waals surface area contributed by atoms with Crippen LogP contribution >= 0.6 is 0 Å². The number of nitrogens with one attached hydrogen (secondary N) is 1. The van der Waals surface area contributed by atoms with E-state index in [1.807, 2.05) is 0 Å². The summed E-state index contributed by atoms with van der Waals surface area (Å²) in [6, 6.07) is 8.69. The Kier molecular flexibility index (Phi) is 5.00. The quantitative estimate of drug-likeness (QED) is 0.788. The molecule has 2 aromatic rings. The van der Waals surface area contributed by atoms with Crippen LogP contribution in [0.3, 0.4) is 0 Å². The molecule has 1 aliphatic rings. The highest BCUT2D eigenvalue weighted by molar-refractivity contribution is 7.89. The van der Waals surface area contributed by atoms with Crippen LogP contribution in [0.2, 0.25) is 0 Å². The van der Waals surface area contributed by atoms with Crippen molar-refractivity contribution in [2.24, 2.45) is 0 Å². The average molecular weight is 363 g/mol. The van der Waals surface area contributed by atoms with Crippen molar-refractivity contribution in [3.63, 3.8) is 0 Å². The van der Waals surface area contributed by atoms with Gasteiger partial charge in [0.2, 0.25) is 10.0 Å². The van der Waals surface area contributed by atoms with E-state index >= 15 is 0 Å². The highest BCUT2D eigenvalue weighted by Gasteiger charge is 2.28. The van der Waals surface area contributed by atoms with Gasteiger partial charge in [-0.15, -0.1) is 0 Å². The number of benzene rings is 1. The molecule has 0 spiro atoms. The molecule has 1 atom stereocenters. The second-order valence-corrected chi connectivity index (χ2v) is 7.45. The third-order valence-electron chi connectivity index (χ3n) is 3.91. The van der Waals surface area contributed by atoms with E-state index in [0.717, 1.165) is 6.42 Å². The molecule has 25 heavy (non-hydrogen) atoms. The van der Waals surface area contributed by atoms with Gasteiger partial charge in [-0.05, 0) is 49.2 Å². The van der Waals surface area contributed by atoms with Crippen LogP contribution in [0.4, 0.5) is 0 Å². The summed E-state index contributed by atoms with van der Waals surface area (Å²) in [4.78, 5) is 23.6. The first kappa shape index (κ1) is 17.4. The van der Waals surface area contributed by atoms with E-state index < -0.39 is 22.1 Å². The standard InChI is InChI=1S/C17H17NO6S/c19-15-4-1-5-16(15)24-17(20)12-6-8-14(9-7-12)25(21,22)18-11-13-3-2-10-23-13/h2-3,6-10,16,18H,1,4-5,11H2/t16-/m1/s1. The third-order valence-corrected chi connectivity index (χ3v) is 5.33. The number of hydrogen-bond acceptors (Lipinski definition) is 6. The first-order chi connectivity index (χ1) is 12.0. The molecule has 1 fully saturated rings. The van der Waals surface area contributed by atoms with E-state index in [1.54, 1.807) is 12.1 Å². The Balaban J connectivity index is 1.64. The van der Waals surface area contributed by atoms with Crippen LogP contribution in [-0.4, -0.2) is 26.3 Å². The minimum atomic E-state index is -3.73. The maximum absolute atomic E-state index is 12.2. The zero-order chi connectivity index (χ0) is 17.9. The van der Waals surface area contributed by atoms with Gasteiger partial charge < -0.3 is 9.15 Å². The number of ketones is 1. The van der Waals surface area contributed by atoms with Crippen molar-refractivity contribution in [1.29, 1.82) is 0 Å². The normalized spacial score (nSPS) is 17.6. The van der Waals surface area contributed by atoms with E-state index in [9.17, 15) is 18.0 Å². The van der Waals surface area contributed by atoms with Crippen LogP contribution in [0, 0.1) is 0 Å². The number of carbonyl (C=O) groups is 2. The number of hydrogen-bond donors (Lipinski definition) is 1. The predicted molar refractivity (Wildman–Crippen MR) is 87.2 cm³/mol. The summed E-state index contributed by atoms with van der Waals surface area (Å²) in [6.07, 6.45) is 2.45. The minimum Gasteiger partial charge on any atom is -0.468 e. The molecular formula is C17H17NO6S. The van der Waals surface area contributed by atoms with Crippen LogP contribution in [0.15, 0.2) is 52.0 Å². The SMILES string of the molecule is O=C(O[C@@H]1CCCC1=O)c1ccc(S(=O)(=O)NCc2ccco2)cc1. The second kappa shape index (κ2) is 7.20. The summed E-state index contributed by atoms with van der Waals surface area (Å²) < 4.78 is 37.1. The zero-order valence-electron chi connectivity index (χ0n) is 13.3. The Morgan fingerprint density at radius 2 is 2.00 bits per heavy atom. The number of Topliss-reactive ketones (excluding diaryl/α,β-unsaturated/α-hetero) is 1. The van der Waals surface area contributed by atoms with Gasteiger partial charge in [-0.25, -0.2) is 17.9 Å². The molecule has 1 N–H and O–H groups in total. The van der Waals surface area contributed by atoms with Crippen molar-refractivity contribution in [1.82, 2.24) is 4.72 Å². The summed E-state index contributed by atoms with van der Waals surface area (Å²) in [5.41, 5.74) is 0.199. The summed E-state index contributed by atoms with van der Waals surface area (Å²) in [6.45, 7) is 0.0307. The van der Waals surface area contributed by atoms with Gasteiger partial charge in [-0.3, -0.25) is 4.79 Å². The summed E-state index contributed by atoms with van der Waals surface area (Å²) in [5.74, 6) is -0.215. The van der Waals surface area contributed by atoms with Gasteiger partial charge in [0, 0.05) is 6.42 Å². The van der Waals surface area contributed by atoms with Crippen LogP contribution in [-0.2, 0) is 26.1 Å². The van der Waals surface area contributed by atoms with Gasteiger partial charge in [-0.2, -0.15) is 0 Å². The fourth-order valence-electron chi connectivity index (χ4n) is 2.54. The van der Waals surface area contributed by atoms with Crippen molar-refractivity contribution in [3.05, 3.63) is 54.0 Å². The Hall–Kier alpha value is -2.45. The fourth-order valence-corrected chi connectivity index (χ4v) is 3.53. The smallest absolute Gasteiger partial charge is 0.338 e. The van der Waals surface area contributed by atoms with Crippen LogP contribution in [0.1, 0.15) is 35.4 Å². The molecule has 7 nitrogen and oxygen atoms in total. The highest BCUT2D eigenvalue weighted by atomic mass is 32.2. The monoisotopic (exact) mass is 363 g/mol. The molecule has 3 rings (SSSR count). The Morgan fingerprint density at radius 3 is 2.60 bits per heavy atom. The zero-order valence-corrected chi connectivity index (χ0v) is 14.1. The van der Waals surface area contributed by atoms with Crippen molar-refractivity contribution in [2.75, 3.05) is 0 Å². The molecule has 1 aromatic carbocycles. The molecule has 0 bridgehead atoms. The fraction of sp³-hybridized carbons (Fsp3) is 0.294. The Morgan fingerprint density at radius 1 is 1.24 bits per heavy atom. The molecule has 0 unspecified atom stereocenters. The largest absolute Gasteiger partial charge is 0.468 e. The summed E-state index contributed by atoms with van der Waals surface area (Å²) >= 11 is 0. The van der Waals surface area contributed by atoms with Gasteiger partial charge in [0.1, 0.15) is 5.76 Å². The van der Waals surface area contributed by atoms with Gasteiger partial charge in [-0.1, -0.05) is 0 Å². The molecule has 0 aliphatic heterocycles. The number of rotatable bonds is 6. The molecule has 0 amide bonds. The van der Waals surface area contributed by atoms with E-state index in [2.05, 4.69) is 4.72 Å². The van der Waals surface area contributed by atoms with Crippen molar-refractivity contribution >= 4 is 21.8 Å². The van der Waals surface area contributed by atoms with Crippen LogP contribution in [0.5, 0.6) is 0 Å². The van der Waals surface area contributed by atoms with E-state index in [-0.39, 0.29) is 22.8 Å². The average Bonchev–Trinajstić information content (AvgIpc) is 3.25. The maximum Gasteiger partial charge on any atom is 0.338 e.